The molecule has 1 aromatic heterocycles. The van der Waals surface area contributed by atoms with Crippen LogP contribution in [-0.2, 0) is 4.79 Å². The smallest absolute Gasteiger partial charge is 0.404 e. The van der Waals surface area contributed by atoms with Crippen LogP contribution in [0.4, 0.5) is 26.4 Å². The van der Waals surface area contributed by atoms with Gasteiger partial charge in [-0.2, -0.15) is 5.06 Å². The summed E-state index contributed by atoms with van der Waals surface area (Å²) >= 11 is 3.17. The van der Waals surface area contributed by atoms with Gasteiger partial charge in [-0.15, -0.1) is 0 Å². The predicted molar refractivity (Wildman–Crippen MR) is 127 cm³/mol. The minimum absolute atomic E-state index is 0.0326. The number of benzene rings is 2. The number of hydroxylamine groups is 2. The zero-order chi connectivity index (χ0) is 25.7. The van der Waals surface area contributed by atoms with Crippen LogP contribution < -0.4 is 15.5 Å². The molecule has 184 valence electrons. The van der Waals surface area contributed by atoms with Crippen LogP contribution >= 0.6 is 15.9 Å². The van der Waals surface area contributed by atoms with Crippen molar-refractivity contribution in [3.05, 3.63) is 57.1 Å². The normalized spacial score (nSPS) is 11.5. The van der Waals surface area contributed by atoms with E-state index < -0.39 is 34.3 Å². The van der Waals surface area contributed by atoms with Gasteiger partial charge in [0.05, 0.1) is 34.0 Å². The number of nitrogens with zero attached hydrogens (tertiary/aromatic N) is 4. The molecule has 0 aliphatic heterocycles. The summed E-state index contributed by atoms with van der Waals surface area (Å²) < 4.78 is 14.8. The Bertz CT molecular complexity index is 1290. The van der Waals surface area contributed by atoms with Gasteiger partial charge in [0.1, 0.15) is 18.0 Å². The molecule has 1 atom stereocenters. The molecule has 0 bridgehead atoms. The minimum Gasteiger partial charge on any atom is -0.465 e. The Hall–Kier alpha value is -4.07. The number of nitrogens with one attached hydrogen (secondary N) is 2. The number of anilines is 2. The number of hydrogen-bond acceptors (Lipinski definition) is 8. The zero-order valence-electron chi connectivity index (χ0n) is 18.5. The van der Waals surface area contributed by atoms with Crippen LogP contribution in [0, 0.1) is 21.8 Å². The molecule has 3 rings (SSSR count). The summed E-state index contributed by atoms with van der Waals surface area (Å²) in [5, 5.41) is 26.6. The molecule has 2 amide bonds. The summed E-state index contributed by atoms with van der Waals surface area (Å²) in [5.41, 5.74) is -0.137. The topological polar surface area (TPSA) is 160 Å². The third kappa shape index (κ3) is 6.09. The highest BCUT2D eigenvalue weighted by atomic mass is 79.9. The van der Waals surface area contributed by atoms with Crippen LogP contribution in [0.1, 0.15) is 13.8 Å². The molecule has 0 aliphatic carbocycles. The molecule has 0 radical (unpaired) electrons. The number of aromatic nitrogens is 2. The van der Waals surface area contributed by atoms with Gasteiger partial charge in [-0.25, -0.2) is 19.2 Å². The Morgan fingerprint density at radius 3 is 2.69 bits per heavy atom. The minimum atomic E-state index is -1.29. The summed E-state index contributed by atoms with van der Waals surface area (Å²) in [4.78, 5) is 48.2. The Balaban J connectivity index is 1.96. The van der Waals surface area contributed by atoms with E-state index in [-0.39, 0.29) is 41.2 Å². The number of carboxylic acid groups (broad SMARTS) is 1. The van der Waals surface area contributed by atoms with Gasteiger partial charge in [0.25, 0.3) is 5.91 Å². The van der Waals surface area contributed by atoms with E-state index in [0.29, 0.717) is 4.47 Å². The lowest BCUT2D eigenvalue weighted by Crippen LogP contribution is -2.42. The standard InChI is InChI=1S/C21H20BrFN6O6/c1-3-28(20(30)11(2)9-24-21(31)32)35-18-8-16-13(7-17(18)29(33)34)19(26-10-25-16)27-15-5-4-12(22)6-14(15)23/h4-8,10-11,24H,3,9H2,1-2H3,(H,31,32)(H,25,26,27). The summed E-state index contributed by atoms with van der Waals surface area (Å²) in [6, 6.07) is 6.78. The third-order valence-electron chi connectivity index (χ3n) is 4.82. The quantitative estimate of drug-likeness (QED) is 0.261. The maximum atomic E-state index is 14.3. The number of carbonyl (C=O) groups is 2. The second-order valence-electron chi connectivity index (χ2n) is 7.28. The van der Waals surface area contributed by atoms with Crippen molar-refractivity contribution in [1.82, 2.24) is 20.3 Å². The molecule has 1 heterocycles. The van der Waals surface area contributed by atoms with Crippen molar-refractivity contribution < 1.29 is 28.8 Å². The van der Waals surface area contributed by atoms with Crippen molar-refractivity contribution in [3.63, 3.8) is 0 Å². The van der Waals surface area contributed by atoms with E-state index in [0.717, 1.165) is 11.1 Å². The molecular weight excluding hydrogens is 531 g/mol. The second-order valence-corrected chi connectivity index (χ2v) is 8.19. The van der Waals surface area contributed by atoms with Crippen molar-refractivity contribution in [1.29, 1.82) is 0 Å². The molecule has 2 aromatic carbocycles. The zero-order valence-corrected chi connectivity index (χ0v) is 20.1. The van der Waals surface area contributed by atoms with Crippen LogP contribution in [-0.4, -0.2) is 50.2 Å². The van der Waals surface area contributed by atoms with Gasteiger partial charge in [-0.1, -0.05) is 22.9 Å². The Morgan fingerprint density at radius 1 is 1.31 bits per heavy atom. The SMILES string of the molecule is CCN(Oc1cc2ncnc(Nc3ccc(Br)cc3F)c2cc1[N+](=O)[O-])C(=O)C(C)CNC(=O)O. The fraction of sp³-hybridized carbons (Fsp3) is 0.238. The molecular formula is C21H20BrFN6O6. The van der Waals surface area contributed by atoms with E-state index in [2.05, 4.69) is 36.5 Å². The fourth-order valence-corrected chi connectivity index (χ4v) is 3.40. The molecule has 0 saturated heterocycles. The fourth-order valence-electron chi connectivity index (χ4n) is 3.06. The number of hydrogen-bond donors (Lipinski definition) is 3. The number of carbonyl (C=O) groups excluding carboxylic acids is 1. The lowest BCUT2D eigenvalue weighted by molar-refractivity contribution is -0.386. The average Bonchev–Trinajstić information content (AvgIpc) is 2.81. The van der Waals surface area contributed by atoms with E-state index in [1.165, 1.54) is 31.5 Å². The first-order valence-corrected chi connectivity index (χ1v) is 11.0. The van der Waals surface area contributed by atoms with E-state index in [1.807, 2.05) is 0 Å². The molecule has 0 aliphatic rings. The first-order valence-electron chi connectivity index (χ1n) is 10.2. The van der Waals surface area contributed by atoms with Crippen molar-refractivity contribution in [2.45, 2.75) is 13.8 Å². The molecule has 1 unspecified atom stereocenters. The van der Waals surface area contributed by atoms with Gasteiger partial charge in [-0.3, -0.25) is 14.9 Å². The number of halogens is 2. The number of nitro groups is 1. The van der Waals surface area contributed by atoms with Crippen LogP contribution in [0.2, 0.25) is 0 Å². The van der Waals surface area contributed by atoms with Crippen LogP contribution in [0.25, 0.3) is 10.9 Å². The number of nitro benzene ring substituents is 1. The Morgan fingerprint density at radius 2 is 2.06 bits per heavy atom. The highest BCUT2D eigenvalue weighted by Crippen LogP contribution is 2.35. The first kappa shape index (κ1) is 25.6. The first-order chi connectivity index (χ1) is 16.6. The predicted octanol–water partition coefficient (Wildman–Crippen LogP) is 4.23. The molecule has 12 nitrogen and oxygen atoms in total. The Labute approximate surface area is 206 Å². The molecule has 3 N–H and O–H groups in total. The summed E-state index contributed by atoms with van der Waals surface area (Å²) in [7, 11) is 0. The van der Waals surface area contributed by atoms with Crippen LogP contribution in [0.5, 0.6) is 5.75 Å². The van der Waals surface area contributed by atoms with Gasteiger partial charge in [0.15, 0.2) is 0 Å². The van der Waals surface area contributed by atoms with E-state index >= 15 is 0 Å². The Kier molecular flexibility index (Phi) is 7.96. The number of amides is 2. The third-order valence-corrected chi connectivity index (χ3v) is 5.31. The molecule has 35 heavy (non-hydrogen) atoms. The lowest BCUT2D eigenvalue weighted by Gasteiger charge is -2.24. The van der Waals surface area contributed by atoms with E-state index in [1.54, 1.807) is 13.0 Å². The molecule has 0 fully saturated rings. The number of fused-ring (bicyclic) bond motifs is 1. The molecule has 14 heteroatoms. The summed E-state index contributed by atoms with van der Waals surface area (Å²) in [6.45, 7) is 2.96. The maximum absolute atomic E-state index is 14.3. The monoisotopic (exact) mass is 550 g/mol. The van der Waals surface area contributed by atoms with Gasteiger partial charge in [-0.05, 0) is 25.1 Å². The second kappa shape index (κ2) is 10.9. The van der Waals surface area contributed by atoms with Gasteiger partial charge in [0, 0.05) is 23.2 Å². The molecule has 3 aromatic rings. The summed E-state index contributed by atoms with van der Waals surface area (Å²) in [6.07, 6.45) is -0.0923. The van der Waals surface area contributed by atoms with Crippen molar-refractivity contribution in [2.24, 2.45) is 5.92 Å². The largest absolute Gasteiger partial charge is 0.465 e. The van der Waals surface area contributed by atoms with Crippen molar-refractivity contribution in [3.8, 4) is 5.75 Å². The molecule has 0 spiro atoms. The van der Waals surface area contributed by atoms with E-state index in [9.17, 15) is 24.1 Å². The van der Waals surface area contributed by atoms with Crippen LogP contribution in [0.3, 0.4) is 0 Å². The van der Waals surface area contributed by atoms with Gasteiger partial charge < -0.3 is 20.6 Å². The summed E-state index contributed by atoms with van der Waals surface area (Å²) in [5.74, 6) is -2.06. The van der Waals surface area contributed by atoms with Gasteiger partial charge in [0.2, 0.25) is 5.75 Å². The highest BCUT2D eigenvalue weighted by Gasteiger charge is 2.26. The lowest BCUT2D eigenvalue weighted by atomic mass is 10.1. The number of rotatable bonds is 9. The van der Waals surface area contributed by atoms with Crippen LogP contribution in [0.15, 0.2) is 41.1 Å². The average molecular weight is 551 g/mol. The van der Waals surface area contributed by atoms with Gasteiger partial charge >= 0.3 is 11.8 Å². The van der Waals surface area contributed by atoms with Crippen molar-refractivity contribution in [2.75, 3.05) is 18.4 Å². The highest BCUT2D eigenvalue weighted by molar-refractivity contribution is 9.10. The maximum Gasteiger partial charge on any atom is 0.404 e. The van der Waals surface area contributed by atoms with Crippen molar-refractivity contribution >= 4 is 56.0 Å². The molecule has 0 saturated carbocycles. The van der Waals surface area contributed by atoms with E-state index in [4.69, 9.17) is 9.94 Å².